The first-order chi connectivity index (χ1) is 7.92. The third-order valence-corrected chi connectivity index (χ3v) is 2.18. The maximum Gasteiger partial charge on any atom is 0.323 e. The summed E-state index contributed by atoms with van der Waals surface area (Å²) in [5, 5.41) is 8.80. The Morgan fingerprint density at radius 3 is 2.29 bits per heavy atom. The highest BCUT2D eigenvalue weighted by atomic mass is 16.4. The van der Waals surface area contributed by atoms with Crippen LogP contribution in [0.15, 0.2) is 12.7 Å². The van der Waals surface area contributed by atoms with Crippen LogP contribution in [0.3, 0.4) is 0 Å². The van der Waals surface area contributed by atoms with Crippen LogP contribution in [-0.2, 0) is 4.79 Å². The van der Waals surface area contributed by atoms with Crippen LogP contribution in [0.5, 0.6) is 0 Å². The number of carbonyl (C=O) groups is 2. The normalized spacial score (nSPS) is 10.1. The van der Waals surface area contributed by atoms with Gasteiger partial charge in [0.05, 0.1) is 0 Å². The Balaban J connectivity index is 4.69. The van der Waals surface area contributed by atoms with Crippen molar-refractivity contribution in [1.29, 1.82) is 0 Å². The van der Waals surface area contributed by atoms with Gasteiger partial charge in [-0.15, -0.1) is 6.58 Å². The molecule has 0 radical (unpaired) electrons. The standard InChI is InChI=1S/C12H22N2O3/c1-5-7-13(6-2)12(17)14(8-10(3)4)9-11(15)16/h5,10H,1,6-9H2,2-4H3,(H,15,16). The molecule has 0 fully saturated rings. The number of carboxylic acid groups (broad SMARTS) is 1. The molecule has 0 atom stereocenters. The van der Waals surface area contributed by atoms with E-state index in [0.717, 1.165) is 0 Å². The van der Waals surface area contributed by atoms with Gasteiger partial charge in [-0.2, -0.15) is 0 Å². The monoisotopic (exact) mass is 242 g/mol. The summed E-state index contributed by atoms with van der Waals surface area (Å²) in [5.41, 5.74) is 0. The van der Waals surface area contributed by atoms with Gasteiger partial charge < -0.3 is 14.9 Å². The van der Waals surface area contributed by atoms with Crippen molar-refractivity contribution in [3.05, 3.63) is 12.7 Å². The molecule has 0 aromatic carbocycles. The van der Waals surface area contributed by atoms with Crippen LogP contribution in [-0.4, -0.2) is 53.1 Å². The lowest BCUT2D eigenvalue weighted by molar-refractivity contribution is -0.137. The average molecular weight is 242 g/mol. The lowest BCUT2D eigenvalue weighted by Crippen LogP contribution is -2.46. The van der Waals surface area contributed by atoms with Gasteiger partial charge in [-0.25, -0.2) is 4.79 Å². The van der Waals surface area contributed by atoms with Gasteiger partial charge in [-0.1, -0.05) is 19.9 Å². The van der Waals surface area contributed by atoms with E-state index < -0.39 is 5.97 Å². The molecule has 0 bridgehead atoms. The number of hydrogen-bond acceptors (Lipinski definition) is 2. The predicted octanol–water partition coefficient (Wildman–Crippen LogP) is 1.66. The highest BCUT2D eigenvalue weighted by Crippen LogP contribution is 2.04. The molecule has 0 aromatic heterocycles. The van der Waals surface area contributed by atoms with Gasteiger partial charge in [0, 0.05) is 19.6 Å². The zero-order valence-electron chi connectivity index (χ0n) is 10.8. The quantitative estimate of drug-likeness (QED) is 0.691. The molecule has 98 valence electrons. The average Bonchev–Trinajstić information content (AvgIpc) is 2.22. The Hall–Kier alpha value is -1.52. The van der Waals surface area contributed by atoms with Gasteiger partial charge in [0.25, 0.3) is 0 Å². The van der Waals surface area contributed by atoms with Gasteiger partial charge in [0.2, 0.25) is 0 Å². The number of urea groups is 1. The summed E-state index contributed by atoms with van der Waals surface area (Å²) in [5.74, 6) is -0.755. The summed E-state index contributed by atoms with van der Waals surface area (Å²) >= 11 is 0. The highest BCUT2D eigenvalue weighted by molar-refractivity contribution is 5.80. The molecule has 0 spiro atoms. The molecular weight excluding hydrogens is 220 g/mol. The van der Waals surface area contributed by atoms with Crippen molar-refractivity contribution in [2.24, 2.45) is 5.92 Å². The molecule has 0 saturated carbocycles. The topological polar surface area (TPSA) is 60.9 Å². The molecule has 0 saturated heterocycles. The Morgan fingerprint density at radius 2 is 1.94 bits per heavy atom. The Labute approximate surface area is 103 Å². The molecule has 0 aliphatic carbocycles. The van der Waals surface area contributed by atoms with E-state index in [1.165, 1.54) is 4.90 Å². The minimum absolute atomic E-state index is 0.237. The maximum atomic E-state index is 12.1. The number of rotatable bonds is 7. The molecule has 0 rings (SSSR count). The first kappa shape index (κ1) is 15.5. The minimum Gasteiger partial charge on any atom is -0.480 e. The van der Waals surface area contributed by atoms with Gasteiger partial charge in [-0.3, -0.25) is 4.79 Å². The number of hydrogen-bond donors (Lipinski definition) is 1. The fraction of sp³-hybridized carbons (Fsp3) is 0.667. The molecule has 0 heterocycles. The van der Waals surface area contributed by atoms with Crippen LogP contribution in [0, 0.1) is 5.92 Å². The zero-order chi connectivity index (χ0) is 13.4. The van der Waals surface area contributed by atoms with Crippen LogP contribution in [0.4, 0.5) is 4.79 Å². The number of aliphatic carboxylic acids is 1. The molecule has 1 N–H and O–H groups in total. The molecule has 0 aromatic rings. The van der Waals surface area contributed by atoms with Crippen LogP contribution in [0.2, 0.25) is 0 Å². The van der Waals surface area contributed by atoms with Crippen molar-refractivity contribution < 1.29 is 14.7 Å². The molecule has 5 heteroatoms. The van der Waals surface area contributed by atoms with Gasteiger partial charge >= 0.3 is 12.0 Å². The Bertz CT molecular complexity index is 277. The van der Waals surface area contributed by atoms with Crippen molar-refractivity contribution in [1.82, 2.24) is 9.80 Å². The van der Waals surface area contributed by atoms with Crippen LogP contribution in [0.25, 0.3) is 0 Å². The Kier molecular flexibility index (Phi) is 7.02. The van der Waals surface area contributed by atoms with E-state index in [1.807, 2.05) is 20.8 Å². The number of nitrogens with zero attached hydrogens (tertiary/aromatic N) is 2. The van der Waals surface area contributed by atoms with Gasteiger partial charge in [-0.05, 0) is 12.8 Å². The molecule has 17 heavy (non-hydrogen) atoms. The summed E-state index contributed by atoms with van der Waals surface area (Å²) in [7, 11) is 0. The smallest absolute Gasteiger partial charge is 0.323 e. The molecule has 5 nitrogen and oxygen atoms in total. The van der Waals surface area contributed by atoms with E-state index in [1.54, 1.807) is 11.0 Å². The van der Waals surface area contributed by atoms with Gasteiger partial charge in [0.15, 0.2) is 0 Å². The molecule has 0 aliphatic rings. The van der Waals surface area contributed by atoms with E-state index in [0.29, 0.717) is 19.6 Å². The summed E-state index contributed by atoms with van der Waals surface area (Å²) in [6.45, 7) is 10.5. The summed E-state index contributed by atoms with van der Waals surface area (Å²) in [6, 6.07) is -0.247. The second-order valence-corrected chi connectivity index (χ2v) is 4.28. The van der Waals surface area contributed by atoms with Crippen molar-refractivity contribution in [2.75, 3.05) is 26.2 Å². The summed E-state index contributed by atoms with van der Waals surface area (Å²) < 4.78 is 0. The van der Waals surface area contributed by atoms with E-state index in [2.05, 4.69) is 6.58 Å². The molecule has 2 amide bonds. The molecule has 0 unspecified atom stereocenters. The van der Waals surface area contributed by atoms with E-state index in [-0.39, 0.29) is 18.5 Å². The molecule has 0 aliphatic heterocycles. The van der Waals surface area contributed by atoms with Crippen molar-refractivity contribution in [2.45, 2.75) is 20.8 Å². The minimum atomic E-state index is -0.992. The van der Waals surface area contributed by atoms with Crippen molar-refractivity contribution in [3.8, 4) is 0 Å². The van der Waals surface area contributed by atoms with Crippen LogP contribution >= 0.6 is 0 Å². The first-order valence-corrected chi connectivity index (χ1v) is 5.78. The lowest BCUT2D eigenvalue weighted by Gasteiger charge is -2.29. The zero-order valence-corrected chi connectivity index (χ0v) is 10.8. The summed E-state index contributed by atoms with van der Waals surface area (Å²) in [4.78, 5) is 25.7. The number of carbonyl (C=O) groups excluding carboxylic acids is 1. The first-order valence-electron chi connectivity index (χ1n) is 5.78. The van der Waals surface area contributed by atoms with Crippen molar-refractivity contribution in [3.63, 3.8) is 0 Å². The predicted molar refractivity (Wildman–Crippen MR) is 66.9 cm³/mol. The van der Waals surface area contributed by atoms with Crippen LogP contribution < -0.4 is 0 Å². The molecular formula is C12H22N2O3. The second-order valence-electron chi connectivity index (χ2n) is 4.28. The third kappa shape index (κ3) is 5.94. The lowest BCUT2D eigenvalue weighted by atomic mass is 10.2. The van der Waals surface area contributed by atoms with Crippen molar-refractivity contribution >= 4 is 12.0 Å². The fourth-order valence-corrected chi connectivity index (χ4v) is 1.51. The SMILES string of the molecule is C=CCN(CC)C(=O)N(CC(=O)O)CC(C)C. The summed E-state index contributed by atoms with van der Waals surface area (Å²) in [6.07, 6.45) is 1.63. The highest BCUT2D eigenvalue weighted by Gasteiger charge is 2.21. The number of amides is 2. The van der Waals surface area contributed by atoms with Crippen LogP contribution in [0.1, 0.15) is 20.8 Å². The fourth-order valence-electron chi connectivity index (χ4n) is 1.51. The van der Waals surface area contributed by atoms with Gasteiger partial charge in [0.1, 0.15) is 6.54 Å². The third-order valence-electron chi connectivity index (χ3n) is 2.18. The number of carboxylic acids is 1. The van der Waals surface area contributed by atoms with E-state index in [4.69, 9.17) is 5.11 Å². The Morgan fingerprint density at radius 1 is 1.35 bits per heavy atom. The van der Waals surface area contributed by atoms with E-state index >= 15 is 0 Å². The van der Waals surface area contributed by atoms with E-state index in [9.17, 15) is 9.59 Å². The second kappa shape index (κ2) is 7.70. The largest absolute Gasteiger partial charge is 0.480 e. The maximum absolute atomic E-state index is 12.1. The number of likely N-dealkylation sites (N-methyl/N-ethyl adjacent to an activating group) is 1.